The van der Waals surface area contributed by atoms with Crippen LogP contribution in [-0.2, 0) is 0 Å². The average Bonchev–Trinajstić information content (AvgIpc) is 2.29. The summed E-state index contributed by atoms with van der Waals surface area (Å²) in [5.74, 6) is 6.04. The highest BCUT2D eigenvalue weighted by molar-refractivity contribution is 5.64. The Balaban J connectivity index is 2.98. The van der Waals surface area contributed by atoms with Crippen LogP contribution in [0.1, 0.15) is 6.92 Å². The molecule has 0 aliphatic carbocycles. The number of rotatable bonds is 4. The fourth-order valence-electron chi connectivity index (χ4n) is 1.17. The van der Waals surface area contributed by atoms with Crippen LogP contribution in [0, 0.1) is 22.0 Å². The fourth-order valence-corrected chi connectivity index (χ4v) is 1.17. The van der Waals surface area contributed by atoms with Crippen LogP contribution < -0.4 is 10.1 Å². The van der Waals surface area contributed by atoms with Crippen molar-refractivity contribution in [3.8, 4) is 17.6 Å². The molecule has 5 nitrogen and oxygen atoms in total. The minimum Gasteiger partial charge on any atom is -0.497 e. The second-order valence-corrected chi connectivity index (χ2v) is 2.92. The predicted octanol–water partition coefficient (Wildman–Crippen LogP) is 2.04. The van der Waals surface area contributed by atoms with Gasteiger partial charge in [-0.05, 0) is 13.0 Å². The molecule has 1 N–H and O–H groups in total. The lowest BCUT2D eigenvalue weighted by Crippen LogP contribution is -2.02. The number of nitrogens with one attached hydrogen (secondary N) is 1. The monoisotopic (exact) mass is 220 g/mol. The molecule has 0 bridgehead atoms. The quantitative estimate of drug-likeness (QED) is 0.479. The third-order valence-corrected chi connectivity index (χ3v) is 1.94. The van der Waals surface area contributed by atoms with Crippen LogP contribution in [0.25, 0.3) is 0 Å². The van der Waals surface area contributed by atoms with Crippen molar-refractivity contribution >= 4 is 11.4 Å². The summed E-state index contributed by atoms with van der Waals surface area (Å²) in [5.41, 5.74) is 0.422. The van der Waals surface area contributed by atoms with Gasteiger partial charge < -0.3 is 10.1 Å². The lowest BCUT2D eigenvalue weighted by Gasteiger charge is -2.06. The highest BCUT2D eigenvalue weighted by atomic mass is 16.6. The maximum Gasteiger partial charge on any atom is 0.292 e. The first-order valence-corrected chi connectivity index (χ1v) is 4.65. The molecule has 5 heteroatoms. The first-order chi connectivity index (χ1) is 7.69. The van der Waals surface area contributed by atoms with Crippen LogP contribution in [0.4, 0.5) is 11.4 Å². The Hall–Kier alpha value is -2.22. The van der Waals surface area contributed by atoms with E-state index in [1.165, 1.54) is 13.2 Å². The van der Waals surface area contributed by atoms with Gasteiger partial charge >= 0.3 is 0 Å². The molecule has 0 saturated carbocycles. The molecule has 0 spiro atoms. The smallest absolute Gasteiger partial charge is 0.292 e. The maximum absolute atomic E-state index is 10.7. The number of anilines is 1. The Bertz CT molecular complexity index is 446. The van der Waals surface area contributed by atoms with E-state index in [9.17, 15) is 10.1 Å². The van der Waals surface area contributed by atoms with E-state index in [-0.39, 0.29) is 5.69 Å². The van der Waals surface area contributed by atoms with Crippen LogP contribution in [0.5, 0.6) is 5.75 Å². The summed E-state index contributed by atoms with van der Waals surface area (Å²) in [4.78, 5) is 10.3. The van der Waals surface area contributed by atoms with Gasteiger partial charge in [-0.2, -0.15) is 0 Å². The summed E-state index contributed by atoms with van der Waals surface area (Å²) < 4.78 is 5.00. The highest BCUT2D eigenvalue weighted by Gasteiger charge is 2.13. The first-order valence-electron chi connectivity index (χ1n) is 4.65. The number of benzene rings is 1. The van der Waals surface area contributed by atoms with Crippen molar-refractivity contribution in [1.82, 2.24) is 0 Å². The van der Waals surface area contributed by atoms with E-state index in [2.05, 4.69) is 17.2 Å². The molecule has 0 amide bonds. The third-order valence-electron chi connectivity index (χ3n) is 1.94. The molecule has 0 fully saturated rings. The van der Waals surface area contributed by atoms with Gasteiger partial charge in [0.1, 0.15) is 11.4 Å². The molecular weight excluding hydrogens is 208 g/mol. The highest BCUT2D eigenvalue weighted by Crippen LogP contribution is 2.28. The molecule has 0 aliphatic heterocycles. The van der Waals surface area contributed by atoms with E-state index in [4.69, 9.17) is 4.74 Å². The molecule has 1 aromatic rings. The number of ether oxygens (including phenoxy) is 1. The molecule has 0 aromatic heterocycles. The summed E-state index contributed by atoms with van der Waals surface area (Å²) in [5, 5.41) is 13.6. The topological polar surface area (TPSA) is 64.4 Å². The Labute approximate surface area is 93.6 Å². The van der Waals surface area contributed by atoms with Gasteiger partial charge in [0, 0.05) is 12.1 Å². The third kappa shape index (κ3) is 2.89. The first kappa shape index (κ1) is 11.9. The molecule has 1 aromatic carbocycles. The van der Waals surface area contributed by atoms with Gasteiger partial charge in [0.2, 0.25) is 0 Å². The molecular formula is C11H12N2O3. The van der Waals surface area contributed by atoms with Gasteiger partial charge in [-0.15, -0.1) is 5.92 Å². The van der Waals surface area contributed by atoms with E-state index in [1.807, 2.05) is 0 Å². The van der Waals surface area contributed by atoms with Gasteiger partial charge in [0.05, 0.1) is 18.6 Å². The van der Waals surface area contributed by atoms with Gasteiger partial charge in [-0.1, -0.05) is 5.92 Å². The number of nitro benzene ring substituents is 1. The van der Waals surface area contributed by atoms with Crippen molar-refractivity contribution in [1.29, 1.82) is 0 Å². The number of hydrogen-bond acceptors (Lipinski definition) is 4. The molecule has 84 valence electrons. The van der Waals surface area contributed by atoms with Crippen LogP contribution in [0.15, 0.2) is 18.2 Å². The second kappa shape index (κ2) is 5.61. The molecule has 16 heavy (non-hydrogen) atoms. The Kier molecular flexibility index (Phi) is 4.16. The zero-order chi connectivity index (χ0) is 12.0. The van der Waals surface area contributed by atoms with Crippen molar-refractivity contribution in [3.05, 3.63) is 28.3 Å². The summed E-state index contributed by atoms with van der Waals surface area (Å²) in [6.45, 7) is 2.08. The van der Waals surface area contributed by atoms with Crippen LogP contribution in [0.3, 0.4) is 0 Å². The lowest BCUT2D eigenvalue weighted by molar-refractivity contribution is -0.384. The van der Waals surface area contributed by atoms with E-state index in [0.29, 0.717) is 18.0 Å². The Morgan fingerprint density at radius 3 is 2.88 bits per heavy atom. The van der Waals surface area contributed by atoms with Gasteiger partial charge in [0.25, 0.3) is 5.69 Å². The average molecular weight is 220 g/mol. The summed E-state index contributed by atoms with van der Waals surface area (Å²) in [7, 11) is 1.51. The van der Waals surface area contributed by atoms with E-state index in [1.54, 1.807) is 19.1 Å². The normalized spacial score (nSPS) is 8.88. The number of hydrogen-bond donors (Lipinski definition) is 1. The Morgan fingerprint density at radius 1 is 1.56 bits per heavy atom. The van der Waals surface area contributed by atoms with Crippen LogP contribution >= 0.6 is 0 Å². The molecule has 0 atom stereocenters. The van der Waals surface area contributed by atoms with Crippen molar-refractivity contribution in [3.63, 3.8) is 0 Å². The molecule has 0 aliphatic rings. The standard InChI is InChI=1S/C11H12N2O3/c1-3-4-7-12-10-8-9(16-2)5-6-11(10)13(14)15/h5-6,8,12H,7H2,1-2H3. The second-order valence-electron chi connectivity index (χ2n) is 2.92. The molecule has 0 radical (unpaired) electrons. The van der Waals surface area contributed by atoms with Gasteiger partial charge in [-0.3, -0.25) is 10.1 Å². The molecule has 1 rings (SSSR count). The van der Waals surface area contributed by atoms with Crippen LogP contribution in [0.2, 0.25) is 0 Å². The van der Waals surface area contributed by atoms with Crippen molar-refractivity contribution in [2.75, 3.05) is 19.0 Å². The molecule has 0 unspecified atom stereocenters. The lowest BCUT2D eigenvalue weighted by atomic mass is 10.2. The maximum atomic E-state index is 10.7. The Morgan fingerprint density at radius 2 is 2.31 bits per heavy atom. The summed E-state index contributed by atoms with van der Waals surface area (Å²) >= 11 is 0. The predicted molar refractivity (Wildman–Crippen MR) is 61.6 cm³/mol. The molecule has 0 heterocycles. The number of nitrogens with zero attached hydrogens (tertiary/aromatic N) is 1. The fraction of sp³-hybridized carbons (Fsp3) is 0.273. The van der Waals surface area contributed by atoms with E-state index in [0.717, 1.165) is 0 Å². The molecule has 0 saturated heterocycles. The van der Waals surface area contributed by atoms with Gasteiger partial charge in [-0.25, -0.2) is 0 Å². The van der Waals surface area contributed by atoms with Crippen molar-refractivity contribution < 1.29 is 9.66 Å². The summed E-state index contributed by atoms with van der Waals surface area (Å²) in [6, 6.07) is 4.53. The minimum absolute atomic E-state index is 0.0127. The largest absolute Gasteiger partial charge is 0.497 e. The van der Waals surface area contributed by atoms with Gasteiger partial charge in [0.15, 0.2) is 0 Å². The number of nitro groups is 1. The van der Waals surface area contributed by atoms with E-state index >= 15 is 0 Å². The van der Waals surface area contributed by atoms with Crippen molar-refractivity contribution in [2.24, 2.45) is 0 Å². The zero-order valence-corrected chi connectivity index (χ0v) is 9.11. The number of methoxy groups -OCH3 is 1. The SMILES string of the molecule is CC#CCNc1cc(OC)ccc1[N+](=O)[O-]. The zero-order valence-electron chi connectivity index (χ0n) is 9.11. The van der Waals surface area contributed by atoms with Crippen molar-refractivity contribution in [2.45, 2.75) is 6.92 Å². The van der Waals surface area contributed by atoms with Crippen LogP contribution in [-0.4, -0.2) is 18.6 Å². The minimum atomic E-state index is -0.443. The summed E-state index contributed by atoms with van der Waals surface area (Å²) in [6.07, 6.45) is 0. The van der Waals surface area contributed by atoms with E-state index < -0.39 is 4.92 Å².